The van der Waals surface area contributed by atoms with Gasteiger partial charge in [-0.3, -0.25) is 4.57 Å². The van der Waals surface area contributed by atoms with E-state index in [1.165, 1.54) is 12.1 Å². The molecule has 0 aliphatic carbocycles. The summed E-state index contributed by atoms with van der Waals surface area (Å²) in [5.41, 5.74) is 2.40. The second-order valence-corrected chi connectivity index (χ2v) is 4.49. The molecule has 0 amide bonds. The maximum atomic E-state index is 13.9. The maximum absolute atomic E-state index is 13.9. The number of aryl methyl sites for hydroxylation is 1. The number of fused-ring (bicyclic) bond motifs is 1. The summed E-state index contributed by atoms with van der Waals surface area (Å²) in [5, 5.41) is 3.20. The zero-order valence-corrected chi connectivity index (χ0v) is 10.0. The van der Waals surface area contributed by atoms with Crippen LogP contribution in [0.1, 0.15) is 17.0 Å². The Balaban J connectivity index is 2.15. The van der Waals surface area contributed by atoms with Crippen LogP contribution < -0.4 is 5.32 Å². The van der Waals surface area contributed by atoms with Gasteiger partial charge in [0.1, 0.15) is 11.6 Å². The highest BCUT2D eigenvalue weighted by atomic mass is 19.1. The van der Waals surface area contributed by atoms with E-state index in [9.17, 15) is 8.78 Å². The number of hydrogen-bond acceptors (Lipinski definition) is 2. The Labute approximate surface area is 103 Å². The molecule has 0 spiro atoms. The Hall–Kier alpha value is -1.75. The van der Waals surface area contributed by atoms with Gasteiger partial charge in [0.25, 0.3) is 0 Å². The molecule has 2 aromatic rings. The fourth-order valence-electron chi connectivity index (χ4n) is 2.26. The molecule has 1 aliphatic heterocycles. The van der Waals surface area contributed by atoms with Crippen LogP contribution in [0.2, 0.25) is 0 Å². The van der Waals surface area contributed by atoms with Crippen LogP contribution in [0, 0.1) is 18.6 Å². The molecule has 0 unspecified atom stereocenters. The third-order valence-electron chi connectivity index (χ3n) is 3.27. The second kappa shape index (κ2) is 4.17. The maximum Gasteiger partial charge on any atom is 0.147 e. The van der Waals surface area contributed by atoms with Gasteiger partial charge in [0.05, 0.1) is 17.7 Å². The van der Waals surface area contributed by atoms with E-state index in [4.69, 9.17) is 0 Å². The summed E-state index contributed by atoms with van der Waals surface area (Å²) >= 11 is 0. The molecule has 5 heteroatoms. The lowest BCUT2D eigenvalue weighted by Crippen LogP contribution is -2.24. The van der Waals surface area contributed by atoms with Crippen molar-refractivity contribution < 1.29 is 8.78 Å². The van der Waals surface area contributed by atoms with Crippen molar-refractivity contribution >= 4 is 0 Å². The van der Waals surface area contributed by atoms with E-state index in [0.717, 1.165) is 24.4 Å². The quantitative estimate of drug-likeness (QED) is 0.838. The number of rotatable bonds is 1. The Morgan fingerprint density at radius 2 is 2.11 bits per heavy atom. The fraction of sp³-hybridized carbons (Fsp3) is 0.308. The van der Waals surface area contributed by atoms with Gasteiger partial charge in [0.2, 0.25) is 0 Å². The molecule has 94 valence electrons. The highest BCUT2D eigenvalue weighted by Crippen LogP contribution is 2.22. The molecular formula is C13H13F2N3. The Bertz CT molecular complexity index is 605. The average Bonchev–Trinajstić information content (AvgIpc) is 2.78. The monoisotopic (exact) mass is 249 g/mol. The molecule has 2 heterocycles. The minimum Gasteiger partial charge on any atom is -0.311 e. The lowest BCUT2D eigenvalue weighted by atomic mass is 10.1. The number of halogens is 2. The van der Waals surface area contributed by atoms with E-state index in [1.807, 2.05) is 0 Å². The highest BCUT2D eigenvalue weighted by molar-refractivity contribution is 5.40. The van der Waals surface area contributed by atoms with Crippen molar-refractivity contribution in [3.05, 3.63) is 47.0 Å². The van der Waals surface area contributed by atoms with Crippen molar-refractivity contribution in [1.29, 1.82) is 0 Å². The van der Waals surface area contributed by atoms with E-state index in [2.05, 4.69) is 10.3 Å². The van der Waals surface area contributed by atoms with E-state index in [0.29, 0.717) is 12.1 Å². The minimum absolute atomic E-state index is 0.230. The molecule has 0 saturated heterocycles. The molecule has 3 rings (SSSR count). The number of aromatic nitrogens is 2. The number of nitrogens with one attached hydrogen (secondary N) is 1. The van der Waals surface area contributed by atoms with Gasteiger partial charge in [0.15, 0.2) is 0 Å². The number of benzene rings is 1. The van der Waals surface area contributed by atoms with Gasteiger partial charge in [0, 0.05) is 31.3 Å². The summed E-state index contributed by atoms with van der Waals surface area (Å²) in [7, 11) is 0. The smallest absolute Gasteiger partial charge is 0.147 e. The second-order valence-electron chi connectivity index (χ2n) is 4.49. The molecule has 3 nitrogen and oxygen atoms in total. The largest absolute Gasteiger partial charge is 0.311 e. The Kier molecular flexibility index (Phi) is 2.63. The summed E-state index contributed by atoms with van der Waals surface area (Å²) < 4.78 is 29.2. The molecule has 0 fully saturated rings. The fourth-order valence-corrected chi connectivity index (χ4v) is 2.26. The van der Waals surface area contributed by atoms with Crippen LogP contribution in [-0.4, -0.2) is 16.1 Å². The summed E-state index contributed by atoms with van der Waals surface area (Å²) in [4.78, 5) is 4.24. The zero-order valence-electron chi connectivity index (χ0n) is 10.0. The molecule has 0 radical (unpaired) electrons. The van der Waals surface area contributed by atoms with Gasteiger partial charge in [-0.15, -0.1) is 0 Å². The van der Waals surface area contributed by atoms with E-state index >= 15 is 0 Å². The van der Waals surface area contributed by atoms with Crippen LogP contribution in [0.15, 0.2) is 18.5 Å². The van der Waals surface area contributed by atoms with Crippen molar-refractivity contribution in [2.75, 3.05) is 6.54 Å². The predicted octanol–water partition coefficient (Wildman–Crippen LogP) is 2.10. The molecule has 1 aliphatic rings. The van der Waals surface area contributed by atoms with Crippen molar-refractivity contribution in [2.24, 2.45) is 0 Å². The van der Waals surface area contributed by atoms with Gasteiger partial charge in [-0.2, -0.15) is 0 Å². The van der Waals surface area contributed by atoms with Crippen molar-refractivity contribution in [2.45, 2.75) is 19.9 Å². The van der Waals surface area contributed by atoms with Crippen LogP contribution >= 0.6 is 0 Å². The van der Waals surface area contributed by atoms with Crippen molar-refractivity contribution in [1.82, 2.24) is 14.9 Å². The third-order valence-corrected chi connectivity index (χ3v) is 3.27. The standard InChI is InChI=1S/C13H13F2N3/c1-8-4-10(15)13(5-9(8)14)18-7-17-11-6-16-3-2-12(11)18/h4-5,7,16H,2-3,6H2,1H3. The Morgan fingerprint density at radius 3 is 2.94 bits per heavy atom. The topological polar surface area (TPSA) is 29.9 Å². The van der Waals surface area contributed by atoms with Crippen LogP contribution in [0.5, 0.6) is 0 Å². The van der Waals surface area contributed by atoms with Crippen LogP contribution in [0.3, 0.4) is 0 Å². The van der Waals surface area contributed by atoms with E-state index in [1.54, 1.807) is 17.8 Å². The van der Waals surface area contributed by atoms with Gasteiger partial charge in [-0.25, -0.2) is 13.8 Å². The molecule has 0 saturated carbocycles. The molecule has 0 atom stereocenters. The highest BCUT2D eigenvalue weighted by Gasteiger charge is 2.18. The molecule has 1 aromatic carbocycles. The molecular weight excluding hydrogens is 236 g/mol. The number of nitrogens with zero attached hydrogens (tertiary/aromatic N) is 2. The lowest BCUT2D eigenvalue weighted by molar-refractivity contribution is 0.578. The van der Waals surface area contributed by atoms with Crippen LogP contribution in [-0.2, 0) is 13.0 Å². The first-order chi connectivity index (χ1) is 8.66. The van der Waals surface area contributed by atoms with E-state index < -0.39 is 11.6 Å². The van der Waals surface area contributed by atoms with Crippen molar-refractivity contribution in [3.63, 3.8) is 0 Å². The first kappa shape index (κ1) is 11.3. The lowest BCUT2D eigenvalue weighted by Gasteiger charge is -2.16. The normalized spacial score (nSPS) is 14.6. The SMILES string of the molecule is Cc1cc(F)c(-n2cnc3c2CCNC3)cc1F. The predicted molar refractivity (Wildman–Crippen MR) is 63.6 cm³/mol. The first-order valence-electron chi connectivity index (χ1n) is 5.88. The summed E-state index contributed by atoms with van der Waals surface area (Å²) in [6.07, 6.45) is 2.33. The van der Waals surface area contributed by atoms with Gasteiger partial charge < -0.3 is 5.32 Å². The first-order valence-corrected chi connectivity index (χ1v) is 5.88. The molecule has 1 aromatic heterocycles. The average molecular weight is 249 g/mol. The molecule has 1 N–H and O–H groups in total. The summed E-state index contributed by atoms with van der Waals surface area (Å²) in [5.74, 6) is -0.824. The van der Waals surface area contributed by atoms with Crippen LogP contribution in [0.4, 0.5) is 8.78 Å². The number of imidazole rings is 1. The summed E-state index contributed by atoms with van der Waals surface area (Å²) in [6.45, 7) is 3.06. The number of hydrogen-bond donors (Lipinski definition) is 1. The van der Waals surface area contributed by atoms with E-state index in [-0.39, 0.29) is 5.69 Å². The van der Waals surface area contributed by atoms with Crippen molar-refractivity contribution in [3.8, 4) is 5.69 Å². The molecule has 18 heavy (non-hydrogen) atoms. The minimum atomic E-state index is -0.423. The zero-order chi connectivity index (χ0) is 12.7. The Morgan fingerprint density at radius 1 is 1.28 bits per heavy atom. The van der Waals surface area contributed by atoms with Gasteiger partial charge in [-0.1, -0.05) is 0 Å². The van der Waals surface area contributed by atoms with Crippen LogP contribution in [0.25, 0.3) is 5.69 Å². The molecule has 0 bridgehead atoms. The third kappa shape index (κ3) is 1.71. The van der Waals surface area contributed by atoms with Gasteiger partial charge in [-0.05, 0) is 18.6 Å². The summed E-state index contributed by atoms with van der Waals surface area (Å²) in [6, 6.07) is 2.45. The van der Waals surface area contributed by atoms with Gasteiger partial charge >= 0.3 is 0 Å².